The van der Waals surface area contributed by atoms with Gasteiger partial charge in [0.15, 0.2) is 0 Å². The van der Waals surface area contributed by atoms with Crippen LogP contribution in [-0.2, 0) is 4.79 Å². The van der Waals surface area contributed by atoms with Crippen molar-refractivity contribution >= 4 is 5.91 Å². The number of methoxy groups -OCH3 is 2. The Morgan fingerprint density at radius 1 is 1.26 bits per heavy atom. The zero-order valence-corrected chi connectivity index (χ0v) is 12.0. The summed E-state index contributed by atoms with van der Waals surface area (Å²) in [5, 5.41) is 0.964. The van der Waals surface area contributed by atoms with Crippen molar-refractivity contribution in [1.29, 1.82) is 0 Å². The van der Waals surface area contributed by atoms with E-state index >= 15 is 0 Å². The lowest BCUT2D eigenvalue weighted by Gasteiger charge is -2.22. The van der Waals surface area contributed by atoms with Crippen LogP contribution in [0.25, 0.3) is 0 Å². The minimum Gasteiger partial charge on any atom is -0.496 e. The highest BCUT2D eigenvalue weighted by molar-refractivity contribution is 5.83. The second kappa shape index (κ2) is 5.90. The van der Waals surface area contributed by atoms with Crippen LogP contribution in [0.15, 0.2) is 6.07 Å². The normalized spacial score (nSPS) is 11.9. The van der Waals surface area contributed by atoms with Gasteiger partial charge in [0, 0.05) is 12.6 Å². The van der Waals surface area contributed by atoms with E-state index < -0.39 is 11.9 Å². The van der Waals surface area contributed by atoms with Gasteiger partial charge in [0.05, 0.1) is 14.2 Å². The average Bonchev–Trinajstić information content (AvgIpc) is 2.39. The van der Waals surface area contributed by atoms with Gasteiger partial charge in [0.25, 0.3) is 5.91 Å². The standard InChI is InChI=1S/C13H21N3O3/c1-7-8(2)12(19-5)9(6-10(7)18-4)11(14)13(17)16(3)15/h6,11H,14-15H2,1-5H3. The molecule has 6 heteroatoms. The topological polar surface area (TPSA) is 90.8 Å². The van der Waals surface area contributed by atoms with E-state index in [1.165, 1.54) is 7.05 Å². The highest BCUT2D eigenvalue weighted by Gasteiger charge is 2.25. The van der Waals surface area contributed by atoms with Gasteiger partial charge in [-0.25, -0.2) is 5.84 Å². The summed E-state index contributed by atoms with van der Waals surface area (Å²) in [5.74, 6) is 6.28. The maximum atomic E-state index is 11.9. The van der Waals surface area contributed by atoms with E-state index in [4.69, 9.17) is 21.1 Å². The van der Waals surface area contributed by atoms with Crippen LogP contribution >= 0.6 is 0 Å². The Labute approximate surface area is 113 Å². The van der Waals surface area contributed by atoms with Gasteiger partial charge >= 0.3 is 0 Å². The number of carbonyl (C=O) groups excluding carboxylic acids is 1. The summed E-state index contributed by atoms with van der Waals surface area (Å²) in [4.78, 5) is 11.9. The second-order valence-electron chi connectivity index (χ2n) is 4.38. The molecule has 106 valence electrons. The molecule has 1 unspecified atom stereocenters. The van der Waals surface area contributed by atoms with E-state index in [-0.39, 0.29) is 0 Å². The van der Waals surface area contributed by atoms with Gasteiger partial charge in [-0.05, 0) is 31.0 Å². The number of likely N-dealkylation sites (N-methyl/N-ethyl adjacent to an activating group) is 1. The summed E-state index contributed by atoms with van der Waals surface area (Å²) < 4.78 is 10.6. The second-order valence-corrected chi connectivity index (χ2v) is 4.38. The number of hydrogen-bond donors (Lipinski definition) is 2. The maximum Gasteiger partial charge on any atom is 0.257 e. The summed E-state index contributed by atoms with van der Waals surface area (Å²) >= 11 is 0. The zero-order valence-electron chi connectivity index (χ0n) is 12.0. The summed E-state index contributed by atoms with van der Waals surface area (Å²) in [7, 11) is 4.56. The molecule has 0 radical (unpaired) electrons. The van der Waals surface area contributed by atoms with E-state index in [0.29, 0.717) is 17.1 Å². The van der Waals surface area contributed by atoms with E-state index in [1.807, 2.05) is 13.8 Å². The molecule has 4 N–H and O–H groups in total. The van der Waals surface area contributed by atoms with Gasteiger partial charge < -0.3 is 15.2 Å². The van der Waals surface area contributed by atoms with Crippen molar-refractivity contribution in [3.8, 4) is 11.5 Å². The van der Waals surface area contributed by atoms with Crippen molar-refractivity contribution in [2.45, 2.75) is 19.9 Å². The fourth-order valence-corrected chi connectivity index (χ4v) is 1.95. The van der Waals surface area contributed by atoms with E-state index in [0.717, 1.165) is 16.1 Å². The molecular weight excluding hydrogens is 246 g/mol. The summed E-state index contributed by atoms with van der Waals surface area (Å²) in [6.07, 6.45) is 0. The fraction of sp³-hybridized carbons (Fsp3) is 0.462. The third-order valence-electron chi connectivity index (χ3n) is 3.19. The minimum atomic E-state index is -0.891. The molecule has 1 rings (SSSR count). The molecule has 1 aromatic rings. The number of ether oxygens (including phenoxy) is 2. The summed E-state index contributed by atoms with van der Waals surface area (Å²) in [6, 6.07) is 0.825. The average molecular weight is 267 g/mol. The Hall–Kier alpha value is -1.79. The third-order valence-corrected chi connectivity index (χ3v) is 3.19. The van der Waals surface area contributed by atoms with Gasteiger partial charge in [-0.3, -0.25) is 9.80 Å². The van der Waals surface area contributed by atoms with Gasteiger partial charge in [-0.15, -0.1) is 0 Å². The molecule has 1 amide bonds. The number of nitrogens with two attached hydrogens (primary N) is 2. The SMILES string of the molecule is COc1cc(C(N)C(=O)N(C)N)c(OC)c(C)c1C. The number of amides is 1. The summed E-state index contributed by atoms with van der Waals surface area (Å²) in [5.41, 5.74) is 8.35. The van der Waals surface area contributed by atoms with Crippen LogP contribution in [0.3, 0.4) is 0 Å². The molecule has 19 heavy (non-hydrogen) atoms. The first-order chi connectivity index (χ1) is 8.84. The Morgan fingerprint density at radius 2 is 1.84 bits per heavy atom. The van der Waals surface area contributed by atoms with Crippen molar-refractivity contribution < 1.29 is 14.3 Å². The van der Waals surface area contributed by atoms with Crippen LogP contribution in [-0.4, -0.2) is 32.2 Å². The molecule has 0 aromatic heterocycles. The lowest BCUT2D eigenvalue weighted by Crippen LogP contribution is -2.40. The molecule has 0 bridgehead atoms. The molecule has 0 fully saturated rings. The smallest absolute Gasteiger partial charge is 0.257 e. The molecule has 1 atom stereocenters. The first kappa shape index (κ1) is 15.3. The van der Waals surface area contributed by atoms with E-state index in [9.17, 15) is 4.79 Å². The van der Waals surface area contributed by atoms with Crippen molar-refractivity contribution in [3.63, 3.8) is 0 Å². The van der Waals surface area contributed by atoms with Crippen molar-refractivity contribution in [3.05, 3.63) is 22.8 Å². The molecule has 0 aliphatic rings. The Balaban J connectivity index is 3.41. The minimum absolute atomic E-state index is 0.399. The Kier molecular flexibility index (Phi) is 4.74. The molecule has 0 saturated carbocycles. The lowest BCUT2D eigenvalue weighted by molar-refractivity contribution is -0.131. The van der Waals surface area contributed by atoms with Crippen LogP contribution in [0.4, 0.5) is 0 Å². The van der Waals surface area contributed by atoms with Crippen LogP contribution in [0.5, 0.6) is 11.5 Å². The summed E-state index contributed by atoms with van der Waals surface area (Å²) in [6.45, 7) is 3.81. The van der Waals surface area contributed by atoms with Crippen LogP contribution < -0.4 is 21.1 Å². The number of benzene rings is 1. The molecule has 0 aliphatic carbocycles. The number of carbonyl (C=O) groups is 1. The third kappa shape index (κ3) is 2.80. The van der Waals surface area contributed by atoms with Gasteiger partial charge in [-0.2, -0.15) is 0 Å². The Bertz CT molecular complexity index is 487. The number of hydrazine groups is 1. The highest BCUT2D eigenvalue weighted by atomic mass is 16.5. The van der Waals surface area contributed by atoms with Gasteiger partial charge in [0.2, 0.25) is 0 Å². The molecule has 0 aliphatic heterocycles. The zero-order chi connectivity index (χ0) is 14.7. The number of hydrogen-bond acceptors (Lipinski definition) is 5. The maximum absolute atomic E-state index is 11.9. The van der Waals surface area contributed by atoms with Crippen molar-refractivity contribution in [2.75, 3.05) is 21.3 Å². The van der Waals surface area contributed by atoms with Crippen molar-refractivity contribution in [1.82, 2.24) is 5.01 Å². The van der Waals surface area contributed by atoms with Crippen LogP contribution in [0.1, 0.15) is 22.7 Å². The van der Waals surface area contributed by atoms with E-state index in [2.05, 4.69) is 0 Å². The predicted octanol–water partition coefficient (Wildman–Crippen LogP) is 0.653. The largest absolute Gasteiger partial charge is 0.496 e. The van der Waals surface area contributed by atoms with E-state index in [1.54, 1.807) is 20.3 Å². The van der Waals surface area contributed by atoms with Crippen LogP contribution in [0, 0.1) is 13.8 Å². The molecule has 1 aromatic carbocycles. The molecule has 0 spiro atoms. The molecule has 0 saturated heterocycles. The highest BCUT2D eigenvalue weighted by Crippen LogP contribution is 2.36. The first-order valence-corrected chi connectivity index (χ1v) is 5.85. The molecule has 0 heterocycles. The fourth-order valence-electron chi connectivity index (χ4n) is 1.95. The predicted molar refractivity (Wildman–Crippen MR) is 72.9 cm³/mol. The molecular formula is C13H21N3O3. The Morgan fingerprint density at radius 3 is 2.26 bits per heavy atom. The monoisotopic (exact) mass is 267 g/mol. The first-order valence-electron chi connectivity index (χ1n) is 5.85. The van der Waals surface area contributed by atoms with Crippen LogP contribution in [0.2, 0.25) is 0 Å². The number of rotatable bonds is 4. The van der Waals surface area contributed by atoms with Crippen molar-refractivity contribution in [2.24, 2.45) is 11.6 Å². The lowest BCUT2D eigenvalue weighted by atomic mass is 9.98. The number of nitrogens with zero attached hydrogens (tertiary/aromatic N) is 1. The molecule has 6 nitrogen and oxygen atoms in total. The quantitative estimate of drug-likeness (QED) is 0.475. The van der Waals surface area contributed by atoms with Gasteiger partial charge in [0.1, 0.15) is 17.5 Å². The van der Waals surface area contributed by atoms with Gasteiger partial charge in [-0.1, -0.05) is 0 Å².